The molecule has 8 heteroatoms. The van der Waals surface area contributed by atoms with Crippen molar-refractivity contribution in [2.45, 2.75) is 38.4 Å². The third-order valence-corrected chi connectivity index (χ3v) is 6.19. The SMILES string of the molecule is CC(C)C[C@@H](C(=O)N1C(=O)OCC1c1ccccc1)c1cc(O)cc(-c2ccc(C(F)(F)F)cc2)c1. The monoisotopic (exact) mass is 497 g/mol. The summed E-state index contributed by atoms with van der Waals surface area (Å²) in [7, 11) is 0. The number of ether oxygens (including phenoxy) is 1. The van der Waals surface area contributed by atoms with E-state index in [0.717, 1.165) is 22.6 Å². The van der Waals surface area contributed by atoms with Gasteiger partial charge >= 0.3 is 12.3 Å². The molecule has 1 unspecified atom stereocenters. The number of benzene rings is 3. The van der Waals surface area contributed by atoms with Crippen LogP contribution in [0.4, 0.5) is 18.0 Å². The van der Waals surface area contributed by atoms with Crippen LogP contribution in [-0.4, -0.2) is 28.6 Å². The number of phenols is 1. The molecule has 188 valence electrons. The molecule has 1 fully saturated rings. The summed E-state index contributed by atoms with van der Waals surface area (Å²) >= 11 is 0. The topological polar surface area (TPSA) is 66.8 Å². The maximum Gasteiger partial charge on any atom is 0.417 e. The molecule has 4 rings (SSSR count). The zero-order chi connectivity index (χ0) is 26.0. The lowest BCUT2D eigenvalue weighted by atomic mass is 9.86. The minimum absolute atomic E-state index is 0.0415. The Morgan fingerprint density at radius 3 is 2.31 bits per heavy atom. The maximum atomic E-state index is 13.8. The van der Waals surface area contributed by atoms with Crippen LogP contribution in [0.3, 0.4) is 0 Å². The smallest absolute Gasteiger partial charge is 0.417 e. The van der Waals surface area contributed by atoms with Crippen molar-refractivity contribution in [1.29, 1.82) is 0 Å². The van der Waals surface area contributed by atoms with E-state index < -0.39 is 35.7 Å². The maximum absolute atomic E-state index is 13.8. The number of aromatic hydroxyl groups is 1. The number of imide groups is 1. The van der Waals surface area contributed by atoms with Crippen LogP contribution in [0.1, 0.15) is 48.9 Å². The van der Waals surface area contributed by atoms with E-state index in [1.807, 2.05) is 44.2 Å². The third-order valence-electron chi connectivity index (χ3n) is 6.19. The molecule has 1 aliphatic rings. The second-order valence-corrected chi connectivity index (χ2v) is 9.28. The number of carbonyl (C=O) groups excluding carboxylic acids is 2. The molecule has 2 amide bonds. The summed E-state index contributed by atoms with van der Waals surface area (Å²) in [4.78, 5) is 27.6. The Morgan fingerprint density at radius 1 is 1.03 bits per heavy atom. The first kappa shape index (κ1) is 25.3. The highest BCUT2D eigenvalue weighted by Crippen LogP contribution is 2.38. The molecule has 1 saturated heterocycles. The molecule has 36 heavy (non-hydrogen) atoms. The van der Waals surface area contributed by atoms with Crippen LogP contribution < -0.4 is 0 Å². The summed E-state index contributed by atoms with van der Waals surface area (Å²) in [6, 6.07) is 17.7. The minimum Gasteiger partial charge on any atom is -0.508 e. The summed E-state index contributed by atoms with van der Waals surface area (Å²) < 4.78 is 44.2. The predicted octanol–water partition coefficient (Wildman–Crippen LogP) is 6.93. The van der Waals surface area contributed by atoms with E-state index in [-0.39, 0.29) is 18.3 Å². The largest absolute Gasteiger partial charge is 0.508 e. The van der Waals surface area contributed by atoms with Gasteiger partial charge in [0.25, 0.3) is 0 Å². The van der Waals surface area contributed by atoms with E-state index in [9.17, 15) is 27.9 Å². The van der Waals surface area contributed by atoms with E-state index in [2.05, 4.69) is 0 Å². The minimum atomic E-state index is -4.46. The molecular formula is C28H26F3NO4. The Balaban J connectivity index is 1.71. The van der Waals surface area contributed by atoms with Crippen LogP contribution in [0.5, 0.6) is 5.75 Å². The van der Waals surface area contributed by atoms with E-state index in [1.54, 1.807) is 6.07 Å². The van der Waals surface area contributed by atoms with Gasteiger partial charge in [0.15, 0.2) is 0 Å². The summed E-state index contributed by atoms with van der Waals surface area (Å²) in [5, 5.41) is 10.5. The van der Waals surface area contributed by atoms with Crippen molar-refractivity contribution in [3.63, 3.8) is 0 Å². The van der Waals surface area contributed by atoms with Crippen LogP contribution in [0.25, 0.3) is 11.1 Å². The van der Waals surface area contributed by atoms with Crippen molar-refractivity contribution in [1.82, 2.24) is 4.90 Å². The van der Waals surface area contributed by atoms with Gasteiger partial charge in [0.1, 0.15) is 18.4 Å². The zero-order valence-corrected chi connectivity index (χ0v) is 19.8. The number of hydrogen-bond acceptors (Lipinski definition) is 4. The van der Waals surface area contributed by atoms with Gasteiger partial charge in [-0.1, -0.05) is 62.4 Å². The highest BCUT2D eigenvalue weighted by atomic mass is 19.4. The van der Waals surface area contributed by atoms with Crippen molar-refractivity contribution >= 4 is 12.0 Å². The Kier molecular flexibility index (Phi) is 7.06. The fourth-order valence-electron chi connectivity index (χ4n) is 4.46. The zero-order valence-electron chi connectivity index (χ0n) is 19.8. The second-order valence-electron chi connectivity index (χ2n) is 9.28. The number of phenolic OH excluding ortho intramolecular Hbond substituents is 1. The third kappa shape index (κ3) is 5.37. The number of nitrogens with zero attached hydrogens (tertiary/aromatic N) is 1. The molecule has 3 aromatic carbocycles. The standard InChI is InChI=1S/C28H26F3NO4/c1-17(2)12-24(26(34)32-25(16-36-27(32)35)19-6-4-3-5-7-19)21-13-20(14-23(33)15-21)18-8-10-22(11-9-18)28(29,30)31/h3-11,13-15,17,24-25,33H,12,16H2,1-2H3/t24-,25?/m1/s1. The van der Waals surface area contributed by atoms with Crippen molar-refractivity contribution in [3.05, 3.63) is 89.5 Å². The van der Waals surface area contributed by atoms with Gasteiger partial charge in [0.2, 0.25) is 5.91 Å². The van der Waals surface area contributed by atoms with E-state index in [1.165, 1.54) is 24.3 Å². The molecule has 0 bridgehead atoms. The molecule has 1 heterocycles. The van der Waals surface area contributed by atoms with Crippen LogP contribution in [-0.2, 0) is 15.7 Å². The summed E-state index contributed by atoms with van der Waals surface area (Å²) in [5.74, 6) is -1.29. The molecule has 1 aliphatic heterocycles. The first-order valence-electron chi connectivity index (χ1n) is 11.6. The van der Waals surface area contributed by atoms with Crippen LogP contribution >= 0.6 is 0 Å². The van der Waals surface area contributed by atoms with Gasteiger partial charge in [-0.05, 0) is 58.9 Å². The number of halogens is 3. The molecular weight excluding hydrogens is 471 g/mol. The lowest BCUT2D eigenvalue weighted by Gasteiger charge is -2.27. The number of carbonyl (C=O) groups is 2. The fourth-order valence-corrected chi connectivity index (χ4v) is 4.46. The van der Waals surface area contributed by atoms with Gasteiger partial charge in [-0.3, -0.25) is 4.79 Å². The van der Waals surface area contributed by atoms with E-state index >= 15 is 0 Å². The summed E-state index contributed by atoms with van der Waals surface area (Å²) in [6.07, 6.45) is -4.80. The molecule has 3 aromatic rings. The molecule has 0 aromatic heterocycles. The molecule has 1 N–H and O–H groups in total. The molecule has 2 atom stereocenters. The molecule has 0 saturated carbocycles. The number of amides is 2. The van der Waals surface area contributed by atoms with Crippen LogP contribution in [0, 0.1) is 5.92 Å². The van der Waals surface area contributed by atoms with Gasteiger partial charge in [-0.2, -0.15) is 13.2 Å². The molecule has 0 aliphatic carbocycles. The number of cyclic esters (lactones) is 1. The first-order chi connectivity index (χ1) is 17.0. The van der Waals surface area contributed by atoms with Gasteiger partial charge in [-0.25, -0.2) is 9.69 Å². The van der Waals surface area contributed by atoms with Gasteiger partial charge < -0.3 is 9.84 Å². The van der Waals surface area contributed by atoms with E-state index in [0.29, 0.717) is 23.1 Å². The Labute approximate surface area is 207 Å². The van der Waals surface area contributed by atoms with Gasteiger partial charge in [0, 0.05) is 0 Å². The number of hydrogen-bond donors (Lipinski definition) is 1. The lowest BCUT2D eigenvalue weighted by molar-refractivity contribution is -0.137. The summed E-state index contributed by atoms with van der Waals surface area (Å²) in [5.41, 5.74) is 1.37. The fraction of sp³-hybridized carbons (Fsp3) is 0.286. The van der Waals surface area contributed by atoms with Crippen molar-refractivity contribution in [2.75, 3.05) is 6.61 Å². The van der Waals surface area contributed by atoms with Crippen LogP contribution in [0.2, 0.25) is 0 Å². The quantitative estimate of drug-likeness (QED) is 0.401. The number of alkyl halides is 3. The predicted molar refractivity (Wildman–Crippen MR) is 128 cm³/mol. The van der Waals surface area contributed by atoms with Crippen molar-refractivity contribution in [2.24, 2.45) is 5.92 Å². The Bertz CT molecular complexity index is 1240. The summed E-state index contributed by atoms with van der Waals surface area (Å²) in [6.45, 7) is 3.92. The normalized spacial score (nSPS) is 16.8. The second kappa shape index (κ2) is 10.0. The van der Waals surface area contributed by atoms with Crippen molar-refractivity contribution < 1.29 is 32.6 Å². The highest BCUT2D eigenvalue weighted by molar-refractivity contribution is 5.97. The molecule has 0 radical (unpaired) electrons. The first-order valence-corrected chi connectivity index (χ1v) is 11.6. The van der Waals surface area contributed by atoms with Crippen molar-refractivity contribution in [3.8, 4) is 16.9 Å². The Hall–Kier alpha value is -3.81. The van der Waals surface area contributed by atoms with Gasteiger partial charge in [0.05, 0.1) is 11.5 Å². The molecule has 5 nitrogen and oxygen atoms in total. The average Bonchev–Trinajstić information content (AvgIpc) is 3.23. The van der Waals surface area contributed by atoms with Gasteiger partial charge in [-0.15, -0.1) is 0 Å². The Morgan fingerprint density at radius 2 is 1.69 bits per heavy atom. The average molecular weight is 498 g/mol. The number of rotatable bonds is 6. The molecule has 0 spiro atoms. The van der Waals surface area contributed by atoms with E-state index in [4.69, 9.17) is 4.74 Å². The van der Waals surface area contributed by atoms with Crippen LogP contribution in [0.15, 0.2) is 72.8 Å². The highest BCUT2D eigenvalue weighted by Gasteiger charge is 2.42. The lowest BCUT2D eigenvalue weighted by Crippen LogP contribution is -2.38.